The minimum Gasteiger partial charge on any atom is -0.480 e. The molecule has 2 atom stereocenters. The Morgan fingerprint density at radius 3 is 2.60 bits per heavy atom. The number of aromatic nitrogens is 1. The van der Waals surface area contributed by atoms with E-state index in [0.717, 1.165) is 11.3 Å². The van der Waals surface area contributed by atoms with Crippen LogP contribution < -0.4 is 10.6 Å². The molecule has 0 bridgehead atoms. The lowest BCUT2D eigenvalue weighted by molar-refractivity contribution is -0.137. The van der Waals surface area contributed by atoms with Crippen molar-refractivity contribution in [1.29, 1.82) is 0 Å². The van der Waals surface area contributed by atoms with Gasteiger partial charge in [-0.05, 0) is 18.1 Å². The molecule has 1 heterocycles. The Kier molecular flexibility index (Phi) is 8.02. The first-order valence-corrected chi connectivity index (χ1v) is 6.16. The first kappa shape index (κ1) is 18.5. The molecule has 0 aliphatic heterocycles. The summed E-state index contributed by atoms with van der Waals surface area (Å²) < 4.78 is 0. The fraction of sp³-hybridized carbons (Fsp3) is 0.462. The number of aliphatic carboxylic acids is 1. The van der Waals surface area contributed by atoms with E-state index >= 15 is 0 Å². The van der Waals surface area contributed by atoms with Crippen LogP contribution in [-0.4, -0.2) is 34.6 Å². The second-order valence-corrected chi connectivity index (χ2v) is 4.44. The van der Waals surface area contributed by atoms with Crippen molar-refractivity contribution < 1.29 is 14.7 Å². The molecule has 3 N–H and O–H groups in total. The van der Waals surface area contributed by atoms with Crippen LogP contribution in [0.5, 0.6) is 0 Å². The summed E-state index contributed by atoms with van der Waals surface area (Å²) in [6.45, 7) is 3.38. The van der Waals surface area contributed by atoms with Gasteiger partial charge < -0.3 is 10.8 Å². The summed E-state index contributed by atoms with van der Waals surface area (Å²) in [6.07, 6.45) is 3.76. The predicted molar refractivity (Wildman–Crippen MR) is 82.0 cm³/mol. The highest BCUT2D eigenvalue weighted by molar-refractivity contribution is 8.93. The quantitative estimate of drug-likeness (QED) is 0.813. The van der Waals surface area contributed by atoms with E-state index in [9.17, 15) is 9.59 Å². The van der Waals surface area contributed by atoms with Gasteiger partial charge in [0.2, 0.25) is 5.91 Å². The molecule has 0 spiro atoms. The predicted octanol–water partition coefficient (Wildman–Crippen LogP) is 1.45. The van der Waals surface area contributed by atoms with Crippen LogP contribution in [0, 0.1) is 5.92 Å². The third-order valence-electron chi connectivity index (χ3n) is 3.06. The largest absolute Gasteiger partial charge is 0.480 e. The van der Waals surface area contributed by atoms with E-state index in [1.807, 2.05) is 13.8 Å². The molecule has 0 aromatic carbocycles. The van der Waals surface area contributed by atoms with Gasteiger partial charge in [-0.2, -0.15) is 0 Å². The summed E-state index contributed by atoms with van der Waals surface area (Å²) in [5.74, 6) is -1.50. The molecule has 0 saturated heterocycles. The molecule has 0 saturated carbocycles. The van der Waals surface area contributed by atoms with Gasteiger partial charge in [-0.1, -0.05) is 20.3 Å². The summed E-state index contributed by atoms with van der Waals surface area (Å²) >= 11 is 0. The molecular weight excluding hydrogens is 326 g/mol. The number of pyridine rings is 1. The second kappa shape index (κ2) is 8.65. The lowest BCUT2D eigenvalue weighted by atomic mass is 9.98. The molecule has 1 rings (SSSR count). The maximum absolute atomic E-state index is 12.3. The first-order valence-electron chi connectivity index (χ1n) is 6.16. The van der Waals surface area contributed by atoms with E-state index in [1.165, 1.54) is 6.20 Å². The smallest absolute Gasteiger partial charge is 0.323 e. The van der Waals surface area contributed by atoms with Crippen molar-refractivity contribution in [1.82, 2.24) is 4.98 Å². The number of hydrogen-bond donors (Lipinski definition) is 2. The molecule has 112 valence electrons. The second-order valence-electron chi connectivity index (χ2n) is 4.44. The van der Waals surface area contributed by atoms with Crippen molar-refractivity contribution in [2.45, 2.75) is 26.3 Å². The molecule has 1 aromatic heterocycles. The highest BCUT2D eigenvalue weighted by atomic mass is 79.9. The van der Waals surface area contributed by atoms with Gasteiger partial charge in [0, 0.05) is 6.20 Å². The number of halogens is 1. The zero-order valence-corrected chi connectivity index (χ0v) is 13.2. The average molecular weight is 346 g/mol. The van der Waals surface area contributed by atoms with Crippen LogP contribution in [0.15, 0.2) is 24.5 Å². The Morgan fingerprint density at radius 1 is 1.50 bits per heavy atom. The average Bonchev–Trinajstić information content (AvgIpc) is 2.43. The molecule has 1 amide bonds. The van der Waals surface area contributed by atoms with Gasteiger partial charge in [0.25, 0.3) is 0 Å². The SMILES string of the molecule is Br.CC[C@H](C)[C@H](N)C(=O)N(CC(=O)O)c1cccnc1. The molecule has 6 nitrogen and oxygen atoms in total. The van der Waals surface area contributed by atoms with Gasteiger partial charge in [0.05, 0.1) is 17.9 Å². The Labute approximate surface area is 128 Å². The van der Waals surface area contributed by atoms with E-state index in [2.05, 4.69) is 4.98 Å². The number of carbonyl (C=O) groups is 2. The van der Waals surface area contributed by atoms with Crippen LogP contribution in [0.3, 0.4) is 0 Å². The highest BCUT2D eigenvalue weighted by Crippen LogP contribution is 2.16. The molecule has 0 fully saturated rings. The van der Waals surface area contributed by atoms with Crippen molar-refractivity contribution in [3.8, 4) is 0 Å². The number of rotatable bonds is 6. The maximum atomic E-state index is 12.3. The zero-order chi connectivity index (χ0) is 14.4. The highest BCUT2D eigenvalue weighted by Gasteiger charge is 2.27. The molecule has 0 aliphatic rings. The summed E-state index contributed by atoms with van der Waals surface area (Å²) in [5.41, 5.74) is 6.32. The minimum atomic E-state index is -1.09. The van der Waals surface area contributed by atoms with Gasteiger partial charge in [0.1, 0.15) is 6.54 Å². The van der Waals surface area contributed by atoms with Crippen LogP contribution in [0.4, 0.5) is 5.69 Å². The fourth-order valence-corrected chi connectivity index (χ4v) is 1.62. The van der Waals surface area contributed by atoms with Crippen LogP contribution in [0.1, 0.15) is 20.3 Å². The van der Waals surface area contributed by atoms with Crippen molar-refractivity contribution in [3.63, 3.8) is 0 Å². The number of amides is 1. The lowest BCUT2D eigenvalue weighted by Gasteiger charge is -2.26. The monoisotopic (exact) mass is 345 g/mol. The summed E-state index contributed by atoms with van der Waals surface area (Å²) in [7, 11) is 0. The van der Waals surface area contributed by atoms with E-state index in [1.54, 1.807) is 18.3 Å². The van der Waals surface area contributed by atoms with Crippen molar-refractivity contribution in [3.05, 3.63) is 24.5 Å². The van der Waals surface area contributed by atoms with Gasteiger partial charge in [-0.25, -0.2) is 0 Å². The van der Waals surface area contributed by atoms with E-state index < -0.39 is 24.5 Å². The number of carbonyl (C=O) groups excluding carboxylic acids is 1. The Hall–Kier alpha value is -1.47. The van der Waals surface area contributed by atoms with Crippen molar-refractivity contribution >= 4 is 34.5 Å². The van der Waals surface area contributed by atoms with Gasteiger partial charge in [0.15, 0.2) is 0 Å². The topological polar surface area (TPSA) is 96.5 Å². The van der Waals surface area contributed by atoms with Crippen LogP contribution in [-0.2, 0) is 9.59 Å². The van der Waals surface area contributed by atoms with E-state index in [4.69, 9.17) is 10.8 Å². The van der Waals surface area contributed by atoms with Gasteiger partial charge in [-0.3, -0.25) is 19.5 Å². The van der Waals surface area contributed by atoms with Crippen molar-refractivity contribution in [2.75, 3.05) is 11.4 Å². The number of carboxylic acid groups (broad SMARTS) is 1. The van der Waals surface area contributed by atoms with Crippen LogP contribution >= 0.6 is 17.0 Å². The number of carboxylic acids is 1. The van der Waals surface area contributed by atoms with E-state index in [-0.39, 0.29) is 22.9 Å². The number of anilines is 1. The van der Waals surface area contributed by atoms with Gasteiger partial charge in [-0.15, -0.1) is 17.0 Å². The van der Waals surface area contributed by atoms with E-state index in [0.29, 0.717) is 5.69 Å². The zero-order valence-electron chi connectivity index (χ0n) is 11.5. The Morgan fingerprint density at radius 2 is 2.15 bits per heavy atom. The Balaban J connectivity index is 0.00000361. The first-order chi connectivity index (χ1) is 8.97. The van der Waals surface area contributed by atoms with Crippen LogP contribution in [0.25, 0.3) is 0 Å². The molecule has 0 radical (unpaired) electrons. The molecule has 7 heteroatoms. The summed E-state index contributed by atoms with van der Waals surface area (Å²) in [6, 6.07) is 2.56. The van der Waals surface area contributed by atoms with Gasteiger partial charge >= 0.3 is 5.97 Å². The number of nitrogens with two attached hydrogens (primary N) is 1. The van der Waals surface area contributed by atoms with Crippen molar-refractivity contribution in [2.24, 2.45) is 11.7 Å². The standard InChI is InChI=1S/C13H19N3O3.BrH/c1-3-9(2)12(14)13(19)16(8-11(17)18)10-5-4-6-15-7-10;/h4-7,9,12H,3,8,14H2,1-2H3,(H,17,18);1H/t9-,12-;/m0./s1. The molecule has 20 heavy (non-hydrogen) atoms. The molecule has 0 unspecified atom stereocenters. The number of nitrogens with zero attached hydrogens (tertiary/aromatic N) is 2. The molecule has 1 aromatic rings. The lowest BCUT2D eigenvalue weighted by Crippen LogP contribution is -2.49. The van der Waals surface area contributed by atoms with Crippen LogP contribution in [0.2, 0.25) is 0 Å². The molecular formula is C13H20BrN3O3. The third kappa shape index (κ3) is 4.90. The number of hydrogen-bond acceptors (Lipinski definition) is 4. The third-order valence-corrected chi connectivity index (χ3v) is 3.06. The maximum Gasteiger partial charge on any atom is 0.323 e. The molecule has 0 aliphatic carbocycles. The Bertz CT molecular complexity index is 442. The normalized spacial score (nSPS) is 12.9. The summed E-state index contributed by atoms with van der Waals surface area (Å²) in [5, 5.41) is 8.92. The fourth-order valence-electron chi connectivity index (χ4n) is 1.62. The minimum absolute atomic E-state index is 0. The summed E-state index contributed by atoms with van der Waals surface area (Å²) in [4.78, 5) is 28.2.